The molecular weight excluding hydrogens is 578 g/mol. The second-order valence-corrected chi connectivity index (χ2v) is 13.8. The first kappa shape index (κ1) is 29.2. The lowest BCUT2D eigenvalue weighted by molar-refractivity contribution is -0.139. The van der Waals surface area contributed by atoms with Crippen LogP contribution in [-0.2, 0) is 9.53 Å². The maximum atomic E-state index is 12.2. The molecule has 0 bridgehead atoms. The molecule has 4 aromatic rings. The highest BCUT2D eigenvalue weighted by atomic mass is 16.5. The average Bonchev–Trinajstić information content (AvgIpc) is 3.77. The fourth-order valence-corrected chi connectivity index (χ4v) is 7.96. The van der Waals surface area contributed by atoms with Crippen LogP contribution in [0.15, 0.2) is 37.1 Å². The number of aromatic amines is 1. The summed E-state index contributed by atoms with van der Waals surface area (Å²) in [6.45, 7) is 14.4. The molecule has 8 rings (SSSR count). The van der Waals surface area contributed by atoms with Gasteiger partial charge in [0, 0.05) is 74.0 Å². The lowest BCUT2D eigenvalue weighted by Crippen LogP contribution is -2.61. The lowest BCUT2D eigenvalue weighted by atomic mass is 9.72. The molecular formula is C36H43N7O3. The molecule has 0 radical (unpaired) electrons. The highest BCUT2D eigenvalue weighted by Crippen LogP contribution is 2.53. The van der Waals surface area contributed by atoms with Crippen LogP contribution in [0.2, 0.25) is 0 Å². The van der Waals surface area contributed by atoms with Crippen LogP contribution in [0, 0.1) is 18.3 Å². The fourth-order valence-electron chi connectivity index (χ4n) is 7.96. The van der Waals surface area contributed by atoms with E-state index < -0.39 is 0 Å². The number of hydrogen-bond acceptors (Lipinski definition) is 8. The summed E-state index contributed by atoms with van der Waals surface area (Å²) in [5, 5.41) is 9.76. The van der Waals surface area contributed by atoms with Crippen molar-refractivity contribution in [3.05, 3.63) is 48.2 Å². The second kappa shape index (κ2) is 11.3. The first-order chi connectivity index (χ1) is 22.4. The number of fused-ring (bicyclic) bond motifs is 2. The molecule has 2 aromatic heterocycles. The number of anilines is 2. The van der Waals surface area contributed by atoms with Gasteiger partial charge in [0.1, 0.15) is 11.3 Å². The van der Waals surface area contributed by atoms with Crippen molar-refractivity contribution in [1.29, 1.82) is 0 Å². The summed E-state index contributed by atoms with van der Waals surface area (Å²) >= 11 is 0. The van der Waals surface area contributed by atoms with Gasteiger partial charge >= 0.3 is 0 Å². The minimum absolute atomic E-state index is 0.0361. The van der Waals surface area contributed by atoms with Gasteiger partial charge < -0.3 is 24.2 Å². The zero-order valence-corrected chi connectivity index (χ0v) is 27.1. The summed E-state index contributed by atoms with van der Waals surface area (Å²) in [5.74, 6) is 3.59. The van der Waals surface area contributed by atoms with E-state index in [0.717, 1.165) is 104 Å². The summed E-state index contributed by atoms with van der Waals surface area (Å²) < 4.78 is 12.1. The van der Waals surface area contributed by atoms with Crippen LogP contribution in [0.4, 0.5) is 11.8 Å². The molecule has 1 aliphatic carbocycles. The van der Waals surface area contributed by atoms with E-state index in [1.807, 2.05) is 11.1 Å². The van der Waals surface area contributed by atoms with Gasteiger partial charge in [-0.15, -0.1) is 0 Å². The van der Waals surface area contributed by atoms with Crippen molar-refractivity contribution in [2.45, 2.75) is 45.4 Å². The van der Waals surface area contributed by atoms with Crippen molar-refractivity contribution in [1.82, 2.24) is 25.1 Å². The minimum atomic E-state index is 0.0361. The summed E-state index contributed by atoms with van der Waals surface area (Å²) in [7, 11) is 1.76. The largest absolute Gasteiger partial charge is 0.491 e. The van der Waals surface area contributed by atoms with Crippen LogP contribution in [0.3, 0.4) is 0 Å². The van der Waals surface area contributed by atoms with E-state index in [0.29, 0.717) is 18.4 Å². The molecule has 3 aliphatic heterocycles. The molecule has 1 N–H and O–H groups in total. The molecule has 46 heavy (non-hydrogen) atoms. The Morgan fingerprint density at radius 3 is 2.59 bits per heavy atom. The third kappa shape index (κ3) is 4.80. The number of carbonyl (C=O) groups excluding carboxylic acids is 1. The average molecular weight is 622 g/mol. The van der Waals surface area contributed by atoms with Crippen LogP contribution >= 0.6 is 0 Å². The molecule has 4 fully saturated rings. The molecule has 10 nitrogen and oxygen atoms in total. The first-order valence-corrected chi connectivity index (χ1v) is 16.8. The van der Waals surface area contributed by atoms with Crippen LogP contribution in [0.1, 0.15) is 49.7 Å². The van der Waals surface area contributed by atoms with E-state index in [2.05, 4.69) is 58.6 Å². The van der Waals surface area contributed by atoms with Crippen LogP contribution in [-0.4, -0.2) is 90.6 Å². The van der Waals surface area contributed by atoms with Crippen LogP contribution in [0.5, 0.6) is 5.75 Å². The third-order valence-electron chi connectivity index (χ3n) is 10.6. The summed E-state index contributed by atoms with van der Waals surface area (Å²) in [6.07, 6.45) is 7.76. The number of rotatable bonds is 9. The number of amides is 1. The van der Waals surface area contributed by atoms with E-state index in [9.17, 15) is 4.79 Å². The number of H-pyrrole nitrogens is 1. The Bertz CT molecular complexity index is 1820. The number of piperidine rings is 1. The molecule has 0 unspecified atom stereocenters. The Balaban J connectivity index is 1.27. The molecule has 240 valence electrons. The standard InChI is InChI=1S/C36H43N7O3/c1-5-29(44)43-20-36(21-43)11-13-41(14-12-36)34-26-15-25(24-8-9-24)31(30-22(3)7-10-28-27(30)16-37-40-28)33(46-6-2)32(26)38-35(39-34)42-17-23(18-42)19-45-4/h5,7,10,15-16,23-24H,1,6,8-9,11-14,17-21H2,2-4H3,(H,37,40). The molecule has 3 saturated heterocycles. The smallest absolute Gasteiger partial charge is 0.245 e. The number of methoxy groups -OCH3 is 1. The quantitative estimate of drug-likeness (QED) is 0.246. The Morgan fingerprint density at radius 2 is 1.89 bits per heavy atom. The number of aromatic nitrogens is 4. The Labute approximate surface area is 269 Å². The zero-order valence-electron chi connectivity index (χ0n) is 27.1. The summed E-state index contributed by atoms with van der Waals surface area (Å²) in [6, 6.07) is 6.66. The number of aryl methyl sites for hydroxylation is 1. The Hall–Kier alpha value is -4.18. The Kier molecular flexibility index (Phi) is 7.16. The van der Waals surface area contributed by atoms with Gasteiger partial charge in [-0.2, -0.15) is 10.1 Å². The topological polar surface area (TPSA) is 99.7 Å². The number of nitrogens with one attached hydrogen (secondary N) is 1. The SMILES string of the molecule is C=CC(=O)N1CC2(CCN(c3nc(N4CC(COC)C4)nc4c(OCC)c(-c5c(C)ccc6[nH]ncc56)c(C5CC5)cc34)CC2)C1. The number of ether oxygens (including phenoxy) is 2. The van der Waals surface area contributed by atoms with Crippen molar-refractivity contribution >= 4 is 39.5 Å². The minimum Gasteiger partial charge on any atom is -0.491 e. The van der Waals surface area contributed by atoms with E-state index in [1.165, 1.54) is 35.6 Å². The molecule has 0 atom stereocenters. The van der Waals surface area contributed by atoms with Crippen molar-refractivity contribution in [2.24, 2.45) is 11.3 Å². The van der Waals surface area contributed by atoms with Gasteiger partial charge in [-0.1, -0.05) is 12.6 Å². The number of nitrogens with zero attached hydrogens (tertiary/aromatic N) is 6. The number of hydrogen-bond donors (Lipinski definition) is 1. The highest BCUT2D eigenvalue weighted by Gasteiger charge is 2.46. The summed E-state index contributed by atoms with van der Waals surface area (Å²) in [4.78, 5) is 29.5. The molecule has 1 saturated carbocycles. The molecule has 1 spiro atoms. The second-order valence-electron chi connectivity index (χ2n) is 13.8. The number of likely N-dealkylation sites (tertiary alicyclic amines) is 1. The van der Waals surface area contributed by atoms with Crippen molar-refractivity contribution < 1.29 is 14.3 Å². The molecule has 4 aliphatic rings. The van der Waals surface area contributed by atoms with Crippen molar-refractivity contribution in [3.8, 4) is 16.9 Å². The van der Waals surface area contributed by atoms with E-state index in [1.54, 1.807) is 7.11 Å². The van der Waals surface area contributed by atoms with Gasteiger partial charge in [-0.25, -0.2) is 4.98 Å². The van der Waals surface area contributed by atoms with Gasteiger partial charge in [0.25, 0.3) is 0 Å². The van der Waals surface area contributed by atoms with E-state index in [-0.39, 0.29) is 11.3 Å². The van der Waals surface area contributed by atoms with Crippen LogP contribution < -0.4 is 14.5 Å². The molecule has 1 amide bonds. The van der Waals surface area contributed by atoms with Gasteiger partial charge in [0.2, 0.25) is 11.9 Å². The fraction of sp³-hybridized carbons (Fsp3) is 0.500. The zero-order chi connectivity index (χ0) is 31.6. The third-order valence-corrected chi connectivity index (χ3v) is 10.6. The van der Waals surface area contributed by atoms with E-state index >= 15 is 0 Å². The van der Waals surface area contributed by atoms with Crippen LogP contribution in [0.25, 0.3) is 32.9 Å². The van der Waals surface area contributed by atoms with Gasteiger partial charge in [-0.3, -0.25) is 9.89 Å². The predicted octanol–water partition coefficient (Wildman–Crippen LogP) is 5.46. The normalized spacial score (nSPS) is 19.5. The lowest BCUT2D eigenvalue weighted by Gasteiger charge is -2.54. The monoisotopic (exact) mass is 621 g/mol. The maximum Gasteiger partial charge on any atom is 0.245 e. The molecule has 10 heteroatoms. The van der Waals surface area contributed by atoms with Gasteiger partial charge in [0.05, 0.1) is 24.9 Å². The number of carbonyl (C=O) groups is 1. The van der Waals surface area contributed by atoms with Crippen molar-refractivity contribution in [2.75, 3.05) is 69.4 Å². The Morgan fingerprint density at radius 1 is 1.11 bits per heavy atom. The molecule has 5 heterocycles. The maximum absolute atomic E-state index is 12.2. The van der Waals surface area contributed by atoms with Gasteiger partial charge in [0.15, 0.2) is 5.75 Å². The van der Waals surface area contributed by atoms with E-state index in [4.69, 9.17) is 19.4 Å². The first-order valence-electron chi connectivity index (χ1n) is 16.8. The highest BCUT2D eigenvalue weighted by molar-refractivity contribution is 6.06. The summed E-state index contributed by atoms with van der Waals surface area (Å²) in [5.41, 5.74) is 6.93. The predicted molar refractivity (Wildman–Crippen MR) is 181 cm³/mol. The van der Waals surface area contributed by atoms with Crippen molar-refractivity contribution in [3.63, 3.8) is 0 Å². The molecule has 2 aromatic carbocycles. The number of benzene rings is 2. The van der Waals surface area contributed by atoms with Gasteiger partial charge in [-0.05, 0) is 80.3 Å².